The summed E-state index contributed by atoms with van der Waals surface area (Å²) < 4.78 is 37.6. The molecule has 0 spiro atoms. The topological polar surface area (TPSA) is 141 Å². The number of halogens is 1. The van der Waals surface area contributed by atoms with Gasteiger partial charge >= 0.3 is 0 Å². The highest BCUT2D eigenvalue weighted by molar-refractivity contribution is 7.92. The first-order valence-electron chi connectivity index (χ1n) is 8.02. The van der Waals surface area contributed by atoms with Gasteiger partial charge in [0.25, 0.3) is 11.8 Å². The summed E-state index contributed by atoms with van der Waals surface area (Å²) in [5.74, 6) is -1.58. The zero-order valence-electron chi connectivity index (χ0n) is 14.3. The second-order valence-electron chi connectivity index (χ2n) is 5.87. The van der Waals surface area contributed by atoms with E-state index in [0.717, 1.165) is 6.20 Å². The summed E-state index contributed by atoms with van der Waals surface area (Å²) in [4.78, 5) is 31.9. The fraction of sp³-hybridized carbons (Fsp3) is 0.250. The maximum atomic E-state index is 13.1. The molecule has 2 amide bonds. The highest BCUT2D eigenvalue weighted by Crippen LogP contribution is 2.33. The van der Waals surface area contributed by atoms with Crippen molar-refractivity contribution >= 4 is 43.8 Å². The molecule has 1 fully saturated rings. The van der Waals surface area contributed by atoms with Gasteiger partial charge in [-0.25, -0.2) is 13.4 Å². The van der Waals surface area contributed by atoms with E-state index in [2.05, 4.69) is 15.5 Å². The Hall–Kier alpha value is -2.86. The van der Waals surface area contributed by atoms with E-state index in [4.69, 9.17) is 10.6 Å². The molecule has 1 aromatic carbocycles. The molecular weight excluding hydrogens is 411 g/mol. The predicted molar refractivity (Wildman–Crippen MR) is 99.0 cm³/mol. The number of sulfone groups is 1. The van der Waals surface area contributed by atoms with E-state index in [1.807, 2.05) is 0 Å². The van der Waals surface area contributed by atoms with Crippen molar-refractivity contribution in [3.63, 3.8) is 0 Å². The third-order valence-corrected chi connectivity index (χ3v) is 6.67. The number of hydrogen-bond acceptors (Lipinski definition) is 8. The van der Waals surface area contributed by atoms with Crippen molar-refractivity contribution in [3.8, 4) is 0 Å². The molecule has 0 radical (unpaired) electrons. The molecule has 0 bridgehead atoms. The van der Waals surface area contributed by atoms with Crippen LogP contribution in [0.15, 0.2) is 40.5 Å². The first kappa shape index (κ1) is 19.9. The van der Waals surface area contributed by atoms with Crippen LogP contribution in [0.3, 0.4) is 0 Å². The molecule has 9 nitrogen and oxygen atoms in total. The van der Waals surface area contributed by atoms with Crippen molar-refractivity contribution in [2.75, 3.05) is 11.9 Å². The smallest absolute Gasteiger partial charge is 0.280 e. The van der Waals surface area contributed by atoms with E-state index in [1.165, 1.54) is 24.3 Å². The van der Waals surface area contributed by atoms with Crippen LogP contribution in [0.2, 0.25) is 0 Å². The number of nitrogens with one attached hydrogen (secondary N) is 1. The summed E-state index contributed by atoms with van der Waals surface area (Å²) in [5, 5.41) is 5.01. The van der Waals surface area contributed by atoms with E-state index in [1.54, 1.807) is 0 Å². The van der Waals surface area contributed by atoms with Crippen LogP contribution in [0, 0.1) is 5.13 Å². The lowest BCUT2D eigenvalue weighted by atomic mass is 10.1. The minimum Gasteiger partial charge on any atom is -0.385 e. The molecule has 1 aromatic heterocycles. The summed E-state index contributed by atoms with van der Waals surface area (Å²) in [6, 6.07) is 5.51. The third kappa shape index (κ3) is 4.70. The largest absolute Gasteiger partial charge is 0.385 e. The van der Waals surface area contributed by atoms with E-state index < -0.39 is 33.4 Å². The van der Waals surface area contributed by atoms with Crippen molar-refractivity contribution in [1.29, 1.82) is 0 Å². The third-order valence-electron chi connectivity index (χ3n) is 3.70. The summed E-state index contributed by atoms with van der Waals surface area (Å²) in [7, 11) is -3.39. The summed E-state index contributed by atoms with van der Waals surface area (Å²) in [6.45, 7) is -0.559. The number of anilines is 1. The number of carbonyl (C=O) groups excluding carboxylic acids is 2. The minimum atomic E-state index is -3.39. The van der Waals surface area contributed by atoms with Gasteiger partial charge in [-0.2, -0.15) is 4.39 Å². The lowest BCUT2D eigenvalue weighted by molar-refractivity contribution is -0.122. The van der Waals surface area contributed by atoms with Crippen molar-refractivity contribution < 1.29 is 27.2 Å². The van der Waals surface area contributed by atoms with Gasteiger partial charge in [0.15, 0.2) is 32.4 Å². The fourth-order valence-electron chi connectivity index (χ4n) is 2.23. The zero-order valence-corrected chi connectivity index (χ0v) is 15.9. The molecule has 1 aliphatic carbocycles. The Morgan fingerprint density at radius 2 is 2.00 bits per heavy atom. The highest BCUT2D eigenvalue weighted by atomic mass is 32.2. The Kier molecular flexibility index (Phi) is 5.70. The Morgan fingerprint density at radius 1 is 1.32 bits per heavy atom. The molecule has 0 aliphatic heterocycles. The van der Waals surface area contributed by atoms with Gasteiger partial charge in [-0.15, -0.1) is 0 Å². The van der Waals surface area contributed by atoms with Crippen LogP contribution in [0.25, 0.3) is 0 Å². The fourth-order valence-corrected chi connectivity index (χ4v) is 4.42. The van der Waals surface area contributed by atoms with Gasteiger partial charge in [0.1, 0.15) is 0 Å². The number of oxime groups is 1. The van der Waals surface area contributed by atoms with E-state index >= 15 is 0 Å². The van der Waals surface area contributed by atoms with Crippen LogP contribution < -0.4 is 11.1 Å². The van der Waals surface area contributed by atoms with Gasteiger partial charge in [0.05, 0.1) is 16.3 Å². The van der Waals surface area contributed by atoms with Gasteiger partial charge in [0, 0.05) is 5.56 Å². The minimum absolute atomic E-state index is 0.00182. The Bertz CT molecular complexity index is 1030. The number of carbonyl (C=O) groups is 2. The molecular formula is C16H15FN4O5S2. The standard InChI is InChI=1S/C16H15FN4O5S2/c17-12-7-19-16(27-12)20-15(23)14(21-26-8-13(18)22)9-1-3-10(4-2-9)28(24,25)11-5-6-11/h1-4,7,11H,5-6,8H2,(H2,18,22)(H,19,20,23)/b21-14+. The number of nitrogens with two attached hydrogens (primary N) is 1. The molecule has 1 heterocycles. The van der Waals surface area contributed by atoms with E-state index in [0.29, 0.717) is 24.2 Å². The summed E-state index contributed by atoms with van der Waals surface area (Å²) >= 11 is 0.614. The number of primary amides is 1. The first-order chi connectivity index (χ1) is 13.3. The van der Waals surface area contributed by atoms with Gasteiger partial charge in [0.2, 0.25) is 0 Å². The number of rotatable bonds is 8. The number of hydrogen-bond donors (Lipinski definition) is 2. The Morgan fingerprint density at radius 3 is 2.54 bits per heavy atom. The second-order valence-corrected chi connectivity index (χ2v) is 9.08. The summed E-state index contributed by atoms with van der Waals surface area (Å²) in [6.07, 6.45) is 2.20. The average Bonchev–Trinajstić information content (AvgIpc) is 3.43. The lowest BCUT2D eigenvalue weighted by Crippen LogP contribution is -2.25. The quantitative estimate of drug-likeness (QED) is 0.478. The Labute approximate surface area is 163 Å². The van der Waals surface area contributed by atoms with Gasteiger partial charge in [-0.3, -0.25) is 14.9 Å². The van der Waals surface area contributed by atoms with Crippen molar-refractivity contribution in [2.24, 2.45) is 10.9 Å². The number of thiazole rings is 1. The molecule has 12 heteroatoms. The summed E-state index contributed by atoms with van der Waals surface area (Å²) in [5.41, 5.74) is 4.94. The predicted octanol–water partition coefficient (Wildman–Crippen LogP) is 1.06. The number of nitrogens with zero attached hydrogens (tertiary/aromatic N) is 2. The molecule has 0 saturated heterocycles. The SMILES string of the molecule is NC(=O)CO/N=C(/C(=O)Nc1ncc(F)s1)c1ccc(S(=O)(=O)C2CC2)cc1. The van der Waals surface area contributed by atoms with Crippen molar-refractivity contribution in [3.05, 3.63) is 41.2 Å². The molecule has 28 heavy (non-hydrogen) atoms. The molecule has 1 aliphatic rings. The van der Waals surface area contributed by atoms with Crippen LogP contribution in [0.5, 0.6) is 0 Å². The van der Waals surface area contributed by atoms with Crippen LogP contribution in [-0.2, 0) is 24.3 Å². The first-order valence-corrected chi connectivity index (χ1v) is 10.4. The van der Waals surface area contributed by atoms with Gasteiger partial charge in [-0.1, -0.05) is 28.6 Å². The van der Waals surface area contributed by atoms with Crippen LogP contribution >= 0.6 is 11.3 Å². The molecule has 2 aromatic rings. The van der Waals surface area contributed by atoms with Crippen LogP contribution in [-0.4, -0.2) is 42.8 Å². The van der Waals surface area contributed by atoms with Crippen molar-refractivity contribution in [1.82, 2.24) is 4.98 Å². The van der Waals surface area contributed by atoms with E-state index in [-0.39, 0.29) is 26.6 Å². The molecule has 3 N–H and O–H groups in total. The van der Waals surface area contributed by atoms with Gasteiger partial charge < -0.3 is 10.6 Å². The monoisotopic (exact) mass is 426 g/mol. The molecule has 0 unspecified atom stereocenters. The highest BCUT2D eigenvalue weighted by Gasteiger charge is 2.36. The normalized spacial score (nSPS) is 14.5. The zero-order chi connectivity index (χ0) is 20.3. The number of benzene rings is 1. The maximum Gasteiger partial charge on any atom is 0.280 e. The van der Waals surface area contributed by atoms with Gasteiger partial charge in [-0.05, 0) is 25.0 Å². The Balaban J connectivity index is 1.85. The molecule has 148 valence electrons. The molecule has 1 saturated carbocycles. The molecule has 0 atom stereocenters. The molecule has 3 rings (SSSR count). The van der Waals surface area contributed by atoms with Crippen LogP contribution in [0.1, 0.15) is 18.4 Å². The number of amides is 2. The lowest BCUT2D eigenvalue weighted by Gasteiger charge is -2.08. The average molecular weight is 426 g/mol. The van der Waals surface area contributed by atoms with Crippen LogP contribution in [0.4, 0.5) is 9.52 Å². The van der Waals surface area contributed by atoms with Crippen molar-refractivity contribution in [2.45, 2.75) is 23.0 Å². The second kappa shape index (κ2) is 8.02. The maximum absolute atomic E-state index is 13.1. The van der Waals surface area contributed by atoms with E-state index in [9.17, 15) is 22.4 Å². The number of aromatic nitrogens is 1.